The summed E-state index contributed by atoms with van der Waals surface area (Å²) in [6, 6.07) is 4.99. The minimum atomic E-state index is 0.770. The normalized spacial score (nSPS) is 17.3. The van der Waals surface area contributed by atoms with E-state index in [1.807, 2.05) is 12.4 Å². The maximum absolute atomic E-state index is 4.06. The zero-order valence-electron chi connectivity index (χ0n) is 12.9. The Bertz CT molecular complexity index is 345. The van der Waals surface area contributed by atoms with Crippen LogP contribution in [0.1, 0.15) is 44.1 Å². The van der Waals surface area contributed by atoms with Gasteiger partial charge in [0.25, 0.3) is 0 Å². The van der Waals surface area contributed by atoms with Crippen molar-refractivity contribution < 1.29 is 0 Å². The molecule has 1 aromatic rings. The third-order valence-electron chi connectivity index (χ3n) is 4.31. The average molecular weight is 275 g/mol. The number of nitrogens with zero attached hydrogens (tertiary/aromatic N) is 2. The van der Waals surface area contributed by atoms with E-state index in [4.69, 9.17) is 0 Å². The molecular weight excluding hydrogens is 246 g/mol. The second kappa shape index (κ2) is 9.09. The summed E-state index contributed by atoms with van der Waals surface area (Å²) in [4.78, 5) is 6.48. The van der Waals surface area contributed by atoms with Crippen LogP contribution in [-0.2, 0) is 6.42 Å². The summed E-state index contributed by atoms with van der Waals surface area (Å²) in [6.45, 7) is 3.38. The molecule has 0 radical (unpaired) electrons. The third-order valence-corrected chi connectivity index (χ3v) is 4.31. The molecule has 0 saturated heterocycles. The van der Waals surface area contributed by atoms with E-state index >= 15 is 0 Å². The van der Waals surface area contributed by atoms with E-state index in [1.54, 1.807) is 0 Å². The highest BCUT2D eigenvalue weighted by Gasteiger charge is 2.11. The van der Waals surface area contributed by atoms with E-state index in [0.717, 1.165) is 32.1 Å². The van der Waals surface area contributed by atoms with Gasteiger partial charge in [-0.1, -0.05) is 25.7 Å². The van der Waals surface area contributed by atoms with Gasteiger partial charge in [0, 0.05) is 38.1 Å². The first-order valence-electron chi connectivity index (χ1n) is 8.15. The lowest BCUT2D eigenvalue weighted by atomic mass is 10.1. The molecular formula is C17H29N3. The molecule has 3 nitrogen and oxygen atoms in total. The Balaban J connectivity index is 1.56. The second-order valence-corrected chi connectivity index (χ2v) is 6.05. The number of hydrogen-bond donors (Lipinski definition) is 1. The molecule has 0 bridgehead atoms. The summed E-state index contributed by atoms with van der Waals surface area (Å²) in [7, 11) is 2.22. The van der Waals surface area contributed by atoms with Gasteiger partial charge in [0.05, 0.1) is 0 Å². The Morgan fingerprint density at radius 2 is 1.80 bits per heavy atom. The molecule has 0 amide bonds. The maximum atomic E-state index is 4.06. The van der Waals surface area contributed by atoms with Gasteiger partial charge < -0.3 is 10.2 Å². The van der Waals surface area contributed by atoms with E-state index in [2.05, 4.69) is 34.4 Å². The molecule has 20 heavy (non-hydrogen) atoms. The molecule has 0 aromatic carbocycles. The summed E-state index contributed by atoms with van der Waals surface area (Å²) in [5, 5.41) is 3.74. The smallest absolute Gasteiger partial charge is 0.0270 e. The first kappa shape index (κ1) is 15.5. The number of hydrogen-bond acceptors (Lipinski definition) is 3. The Kier molecular flexibility index (Phi) is 7.02. The Labute approximate surface area is 123 Å². The summed E-state index contributed by atoms with van der Waals surface area (Å²) in [6.07, 6.45) is 13.3. The lowest BCUT2D eigenvalue weighted by Gasteiger charge is -2.20. The van der Waals surface area contributed by atoms with Crippen molar-refractivity contribution in [1.82, 2.24) is 15.2 Å². The van der Waals surface area contributed by atoms with Gasteiger partial charge >= 0.3 is 0 Å². The molecule has 1 saturated carbocycles. The lowest BCUT2D eigenvalue weighted by molar-refractivity contribution is 0.322. The van der Waals surface area contributed by atoms with Crippen LogP contribution in [0.4, 0.5) is 0 Å². The highest BCUT2D eigenvalue weighted by Crippen LogP contribution is 2.16. The van der Waals surface area contributed by atoms with Gasteiger partial charge in [-0.05, 0) is 44.0 Å². The first-order valence-corrected chi connectivity index (χ1v) is 8.15. The zero-order chi connectivity index (χ0) is 14.0. The van der Waals surface area contributed by atoms with Gasteiger partial charge in [0.2, 0.25) is 0 Å². The summed E-state index contributed by atoms with van der Waals surface area (Å²) >= 11 is 0. The lowest BCUT2D eigenvalue weighted by Crippen LogP contribution is -2.36. The van der Waals surface area contributed by atoms with E-state index in [0.29, 0.717) is 0 Å². The summed E-state index contributed by atoms with van der Waals surface area (Å²) in [5.41, 5.74) is 1.38. The molecule has 112 valence electrons. The molecule has 1 aliphatic carbocycles. The molecule has 1 fully saturated rings. The zero-order valence-corrected chi connectivity index (χ0v) is 12.9. The minimum absolute atomic E-state index is 0.770. The van der Waals surface area contributed by atoms with Crippen molar-refractivity contribution in [1.29, 1.82) is 0 Å². The van der Waals surface area contributed by atoms with Crippen molar-refractivity contribution in [2.75, 3.05) is 26.7 Å². The SMILES string of the molecule is CN(CCNC1CCCCCC1)CCc1ccncc1. The van der Waals surface area contributed by atoms with Crippen LogP contribution in [0.15, 0.2) is 24.5 Å². The highest BCUT2D eigenvalue weighted by atomic mass is 15.1. The number of rotatable bonds is 7. The standard InChI is InChI=1S/C17H29N3/c1-20(14-10-16-8-11-18-12-9-16)15-13-19-17-6-4-2-3-5-7-17/h8-9,11-12,17,19H,2-7,10,13-15H2,1H3. The van der Waals surface area contributed by atoms with Crippen molar-refractivity contribution in [3.8, 4) is 0 Å². The van der Waals surface area contributed by atoms with Crippen molar-refractivity contribution in [2.24, 2.45) is 0 Å². The molecule has 3 heteroatoms. The molecule has 1 N–H and O–H groups in total. The summed E-state index contributed by atoms with van der Waals surface area (Å²) in [5.74, 6) is 0. The van der Waals surface area contributed by atoms with E-state index in [9.17, 15) is 0 Å². The van der Waals surface area contributed by atoms with Crippen LogP contribution in [0.2, 0.25) is 0 Å². The number of pyridine rings is 1. The van der Waals surface area contributed by atoms with Gasteiger partial charge in [-0.2, -0.15) is 0 Å². The van der Waals surface area contributed by atoms with Crippen molar-refractivity contribution in [3.63, 3.8) is 0 Å². The van der Waals surface area contributed by atoms with Crippen LogP contribution in [0.5, 0.6) is 0 Å². The predicted octanol–water partition coefficient (Wildman–Crippen LogP) is 2.87. The van der Waals surface area contributed by atoms with E-state index in [1.165, 1.54) is 44.1 Å². The monoisotopic (exact) mass is 275 g/mol. The Morgan fingerprint density at radius 1 is 1.10 bits per heavy atom. The van der Waals surface area contributed by atoms with Crippen LogP contribution in [-0.4, -0.2) is 42.6 Å². The van der Waals surface area contributed by atoms with Gasteiger partial charge in [0.1, 0.15) is 0 Å². The Morgan fingerprint density at radius 3 is 2.50 bits per heavy atom. The fraction of sp³-hybridized carbons (Fsp3) is 0.706. The molecule has 1 aliphatic rings. The van der Waals surface area contributed by atoms with Crippen LogP contribution in [0, 0.1) is 0 Å². The molecule has 2 rings (SSSR count). The van der Waals surface area contributed by atoms with E-state index < -0.39 is 0 Å². The first-order chi connectivity index (χ1) is 9.84. The van der Waals surface area contributed by atoms with Crippen LogP contribution in [0.25, 0.3) is 0 Å². The van der Waals surface area contributed by atoms with Gasteiger partial charge in [-0.25, -0.2) is 0 Å². The van der Waals surface area contributed by atoms with Crippen LogP contribution >= 0.6 is 0 Å². The molecule has 0 unspecified atom stereocenters. The molecule has 0 aliphatic heterocycles. The van der Waals surface area contributed by atoms with Crippen molar-refractivity contribution >= 4 is 0 Å². The molecule has 1 heterocycles. The fourth-order valence-corrected chi connectivity index (χ4v) is 2.92. The molecule has 0 spiro atoms. The van der Waals surface area contributed by atoms with Gasteiger partial charge in [-0.3, -0.25) is 4.98 Å². The van der Waals surface area contributed by atoms with Crippen LogP contribution < -0.4 is 5.32 Å². The quantitative estimate of drug-likeness (QED) is 0.776. The number of nitrogens with one attached hydrogen (secondary N) is 1. The van der Waals surface area contributed by atoms with E-state index in [-0.39, 0.29) is 0 Å². The Hall–Kier alpha value is -0.930. The molecule has 0 atom stereocenters. The van der Waals surface area contributed by atoms with Gasteiger partial charge in [-0.15, -0.1) is 0 Å². The largest absolute Gasteiger partial charge is 0.313 e. The molecule has 1 aromatic heterocycles. The third kappa shape index (κ3) is 6.02. The minimum Gasteiger partial charge on any atom is -0.313 e. The maximum Gasteiger partial charge on any atom is 0.0270 e. The predicted molar refractivity (Wildman–Crippen MR) is 84.9 cm³/mol. The number of likely N-dealkylation sites (N-methyl/N-ethyl adjacent to an activating group) is 1. The van der Waals surface area contributed by atoms with Crippen molar-refractivity contribution in [3.05, 3.63) is 30.1 Å². The fourth-order valence-electron chi connectivity index (χ4n) is 2.92. The topological polar surface area (TPSA) is 28.2 Å². The van der Waals surface area contributed by atoms with Crippen molar-refractivity contribution in [2.45, 2.75) is 51.0 Å². The number of aromatic nitrogens is 1. The van der Waals surface area contributed by atoms with Crippen LogP contribution in [0.3, 0.4) is 0 Å². The average Bonchev–Trinajstić information content (AvgIpc) is 2.75. The van der Waals surface area contributed by atoms with Gasteiger partial charge in [0.15, 0.2) is 0 Å². The summed E-state index contributed by atoms with van der Waals surface area (Å²) < 4.78 is 0. The highest BCUT2D eigenvalue weighted by molar-refractivity contribution is 5.09. The second-order valence-electron chi connectivity index (χ2n) is 6.05.